The average molecular weight is 1390 g/mol. The molecule has 0 bridgehead atoms. The zero-order valence-electron chi connectivity index (χ0n) is 56.3. The summed E-state index contributed by atoms with van der Waals surface area (Å²) in [6.07, 6.45) is -3.31. The van der Waals surface area contributed by atoms with E-state index < -0.39 is 85.6 Å². The maximum Gasteiger partial charge on any atom is 0.404 e. The standard InChI is InChI=1S/C62H115N9O25/c1-47(2)57(60(81)69-51(7-5-16-67-61(64)82)59(80)68-49-10-8-48(9-11-49)46-96-62(65)83)70-58(79)50(63)6-3-4-15-66-56(78)14-20-84-22-24-86-26-28-88-30-32-90-34-36-92-38-40-94-42-43-95-41-39-93-37-35-91-33-31-89-29-27-87-25-23-85-21-19-71(17-12-52(74)54(76)44-72)18-13-53(75)55(77)45-73/h8-11,47,50-55,57,72-77H,3-7,12-46,63H2,1-2H3,(H2,65,83)(H,66,78)(H,68,80)(H,69,81)(H,70,79)(H3,64,67,82)/t50-,51-,52+,53+,54-,55-,57-/m0/s1. The Morgan fingerprint density at radius 3 is 1.26 bits per heavy atom. The van der Waals surface area contributed by atoms with Gasteiger partial charge in [-0.1, -0.05) is 26.0 Å². The summed E-state index contributed by atoms with van der Waals surface area (Å²) < 4.78 is 71.1. The van der Waals surface area contributed by atoms with E-state index >= 15 is 0 Å². The van der Waals surface area contributed by atoms with Gasteiger partial charge in [-0.05, 0) is 68.6 Å². The molecule has 1 aromatic carbocycles. The van der Waals surface area contributed by atoms with Crippen molar-refractivity contribution < 1.29 is 121 Å². The maximum atomic E-state index is 13.5. The zero-order chi connectivity index (χ0) is 70.7. The molecule has 0 radical (unpaired) electrons. The minimum Gasteiger partial charge on any atom is -0.445 e. The van der Waals surface area contributed by atoms with Gasteiger partial charge in [0, 0.05) is 44.8 Å². The van der Waals surface area contributed by atoms with E-state index in [2.05, 4.69) is 26.6 Å². The van der Waals surface area contributed by atoms with Crippen LogP contribution in [0.25, 0.3) is 0 Å². The summed E-state index contributed by atoms with van der Waals surface area (Å²) in [5.41, 5.74) is 17.4. The lowest BCUT2D eigenvalue weighted by Crippen LogP contribution is -2.56. The van der Waals surface area contributed by atoms with Crippen LogP contribution in [0.1, 0.15) is 70.8 Å². The van der Waals surface area contributed by atoms with E-state index in [1.165, 1.54) is 0 Å². The van der Waals surface area contributed by atoms with E-state index in [1.54, 1.807) is 38.1 Å². The molecule has 34 heteroatoms. The fraction of sp³-hybridized carbons (Fsp3) is 0.806. The molecule has 0 unspecified atom stereocenters. The Labute approximate surface area is 564 Å². The number of ether oxygens (including phenoxy) is 13. The van der Waals surface area contributed by atoms with Crippen molar-refractivity contribution in [1.29, 1.82) is 0 Å². The number of nitrogens with one attached hydrogen (secondary N) is 5. The van der Waals surface area contributed by atoms with E-state index in [-0.39, 0.29) is 57.3 Å². The molecule has 1 aromatic rings. The fourth-order valence-corrected chi connectivity index (χ4v) is 8.32. The van der Waals surface area contributed by atoms with Gasteiger partial charge >= 0.3 is 12.1 Å². The van der Waals surface area contributed by atoms with Crippen LogP contribution >= 0.6 is 0 Å². The molecule has 7 amide bonds. The van der Waals surface area contributed by atoms with Crippen LogP contribution in [0, 0.1) is 5.92 Å². The topological polar surface area (TPSA) is 485 Å². The predicted octanol–water partition coefficient (Wildman–Crippen LogP) is -2.99. The van der Waals surface area contributed by atoms with E-state index in [4.69, 9.17) is 89.0 Å². The van der Waals surface area contributed by atoms with Crippen LogP contribution in [0.3, 0.4) is 0 Å². The molecular weight excluding hydrogens is 1270 g/mol. The highest BCUT2D eigenvalue weighted by Gasteiger charge is 2.30. The van der Waals surface area contributed by atoms with Gasteiger partial charge in [0.15, 0.2) is 0 Å². The summed E-state index contributed by atoms with van der Waals surface area (Å²) >= 11 is 0. The molecule has 96 heavy (non-hydrogen) atoms. The monoisotopic (exact) mass is 1390 g/mol. The van der Waals surface area contributed by atoms with Crippen molar-refractivity contribution in [2.45, 2.75) is 114 Å². The predicted molar refractivity (Wildman–Crippen MR) is 348 cm³/mol. The van der Waals surface area contributed by atoms with E-state index in [1.807, 2.05) is 4.90 Å². The van der Waals surface area contributed by atoms with Gasteiger partial charge in [0.1, 0.15) is 30.9 Å². The molecule has 558 valence electrons. The fourth-order valence-electron chi connectivity index (χ4n) is 8.32. The number of aliphatic hydroxyl groups is 6. The number of rotatable bonds is 67. The molecule has 0 aliphatic carbocycles. The number of hydrogen-bond acceptors (Lipinski definition) is 27. The largest absolute Gasteiger partial charge is 0.445 e. The first-order chi connectivity index (χ1) is 46.4. The molecule has 0 aliphatic rings. The summed E-state index contributed by atoms with van der Waals surface area (Å²) in [7, 11) is 0. The van der Waals surface area contributed by atoms with Crippen molar-refractivity contribution in [3.63, 3.8) is 0 Å². The summed E-state index contributed by atoms with van der Waals surface area (Å²) in [5, 5.41) is 70.7. The molecule has 0 heterocycles. The molecule has 0 saturated carbocycles. The van der Waals surface area contributed by atoms with Crippen molar-refractivity contribution >= 4 is 41.4 Å². The molecule has 0 fully saturated rings. The smallest absolute Gasteiger partial charge is 0.404 e. The third-order valence-electron chi connectivity index (χ3n) is 13.9. The number of unbranched alkanes of at least 4 members (excludes halogenated alkanes) is 1. The van der Waals surface area contributed by atoms with Crippen LogP contribution in [0.4, 0.5) is 15.3 Å². The quantitative estimate of drug-likeness (QED) is 0.0289. The van der Waals surface area contributed by atoms with Gasteiger partial charge in [-0.2, -0.15) is 0 Å². The summed E-state index contributed by atoms with van der Waals surface area (Å²) in [4.78, 5) is 76.4. The zero-order valence-corrected chi connectivity index (χ0v) is 56.3. The number of aliphatic hydroxyl groups excluding tert-OH is 6. The first-order valence-corrected chi connectivity index (χ1v) is 33.0. The molecule has 1 rings (SSSR count). The average Bonchev–Trinajstić information content (AvgIpc) is 0.925. The highest BCUT2D eigenvalue weighted by atomic mass is 16.6. The Bertz CT molecular complexity index is 2080. The molecule has 0 aliphatic heterocycles. The van der Waals surface area contributed by atoms with Crippen LogP contribution in [0.5, 0.6) is 0 Å². The number of anilines is 1. The van der Waals surface area contributed by atoms with Crippen LogP contribution in [-0.4, -0.2) is 318 Å². The first-order valence-electron chi connectivity index (χ1n) is 33.0. The lowest BCUT2D eigenvalue weighted by Gasteiger charge is -2.26. The van der Waals surface area contributed by atoms with Crippen molar-refractivity contribution in [2.75, 3.05) is 210 Å². The van der Waals surface area contributed by atoms with Gasteiger partial charge in [-0.25, -0.2) is 9.59 Å². The van der Waals surface area contributed by atoms with Crippen LogP contribution in [0.15, 0.2) is 24.3 Å². The van der Waals surface area contributed by atoms with Gasteiger partial charge in [-0.15, -0.1) is 0 Å². The van der Waals surface area contributed by atoms with Gasteiger partial charge in [0.25, 0.3) is 0 Å². The van der Waals surface area contributed by atoms with Crippen molar-refractivity contribution in [3.8, 4) is 0 Å². The number of amides is 7. The van der Waals surface area contributed by atoms with Crippen LogP contribution in [0.2, 0.25) is 0 Å². The lowest BCUT2D eigenvalue weighted by molar-refractivity contribution is -0.132. The number of nitrogens with two attached hydrogens (primary N) is 3. The third kappa shape index (κ3) is 51.1. The van der Waals surface area contributed by atoms with Crippen molar-refractivity contribution in [2.24, 2.45) is 23.1 Å². The van der Waals surface area contributed by atoms with Crippen molar-refractivity contribution in [1.82, 2.24) is 26.2 Å². The normalized spacial score (nSPS) is 13.8. The molecular formula is C62H115N9O25. The SMILES string of the molecule is CC(C)[C@H](NC(=O)[C@@H](N)CCCCNC(=O)CCOCCOCCOCCOCCOCCOCCOCCOCCOCCOCCOCCOCCN(CC[C@@H](O)[C@@H](O)CO)CC[C@@H](O)[C@@H](O)CO)C(=O)N[C@@H](CCCNC(N)=O)C(=O)Nc1ccc(COC(N)=O)cc1. The van der Waals surface area contributed by atoms with Gasteiger partial charge in [-0.3, -0.25) is 19.2 Å². The number of carbonyl (C=O) groups excluding carboxylic acids is 6. The third-order valence-corrected chi connectivity index (χ3v) is 13.9. The Hall–Kier alpha value is -5.16. The van der Waals surface area contributed by atoms with E-state index in [0.717, 1.165) is 0 Å². The van der Waals surface area contributed by atoms with Crippen LogP contribution < -0.4 is 43.8 Å². The number of carbonyl (C=O) groups is 6. The second-order valence-electron chi connectivity index (χ2n) is 22.1. The maximum absolute atomic E-state index is 13.5. The summed E-state index contributed by atoms with van der Waals surface area (Å²) in [6.45, 7) is 13.4. The summed E-state index contributed by atoms with van der Waals surface area (Å²) in [6, 6.07) is 2.67. The minimum absolute atomic E-state index is 0.0544. The van der Waals surface area contributed by atoms with Crippen LogP contribution in [-0.2, 0) is 87.4 Å². The Morgan fingerprint density at radius 2 is 0.865 bits per heavy atom. The number of urea groups is 1. The Kier molecular flexibility index (Phi) is 56.4. The highest BCUT2D eigenvalue weighted by Crippen LogP contribution is 2.14. The second kappa shape index (κ2) is 61.0. The second-order valence-corrected chi connectivity index (χ2v) is 22.1. The van der Waals surface area contributed by atoms with Gasteiger partial charge < -0.3 is 141 Å². The molecule has 0 spiro atoms. The Morgan fingerprint density at radius 1 is 0.458 bits per heavy atom. The molecule has 34 nitrogen and oxygen atoms in total. The van der Waals surface area contributed by atoms with Crippen molar-refractivity contribution in [3.05, 3.63) is 29.8 Å². The lowest BCUT2D eigenvalue weighted by atomic mass is 10.0. The van der Waals surface area contributed by atoms with E-state index in [0.29, 0.717) is 215 Å². The Balaban J connectivity index is 1.95. The number of primary amides is 2. The number of benzene rings is 1. The number of nitrogens with zero attached hydrogens (tertiary/aromatic N) is 1. The van der Waals surface area contributed by atoms with Gasteiger partial charge in [0.2, 0.25) is 23.6 Å². The first kappa shape index (κ1) is 88.9. The molecule has 7 atom stereocenters. The minimum atomic E-state index is -1.25. The van der Waals surface area contributed by atoms with Gasteiger partial charge in [0.05, 0.1) is 190 Å². The molecule has 17 N–H and O–H groups in total. The molecule has 0 saturated heterocycles. The highest BCUT2D eigenvalue weighted by molar-refractivity contribution is 5.98. The van der Waals surface area contributed by atoms with E-state index in [9.17, 15) is 49.2 Å². The number of hydrogen-bond donors (Lipinski definition) is 14. The molecule has 0 aromatic heterocycles. The summed E-state index contributed by atoms with van der Waals surface area (Å²) in [5.74, 6) is -2.27.